The zero-order valence-corrected chi connectivity index (χ0v) is 16.4. The van der Waals surface area contributed by atoms with E-state index in [9.17, 15) is 8.42 Å². The van der Waals surface area contributed by atoms with Crippen molar-refractivity contribution in [1.29, 1.82) is 0 Å². The van der Waals surface area contributed by atoms with Gasteiger partial charge in [-0.3, -0.25) is 0 Å². The van der Waals surface area contributed by atoms with Gasteiger partial charge in [-0.2, -0.15) is 8.42 Å². The first kappa shape index (κ1) is 17.8. The van der Waals surface area contributed by atoms with Crippen molar-refractivity contribution in [2.24, 2.45) is 0 Å². The Kier molecular flexibility index (Phi) is 4.11. The van der Waals surface area contributed by atoms with Crippen LogP contribution >= 0.6 is 0 Å². The van der Waals surface area contributed by atoms with E-state index in [4.69, 9.17) is 8.92 Å². The topological polar surface area (TPSA) is 52.6 Å². The highest BCUT2D eigenvalue weighted by Crippen LogP contribution is 2.44. The molecule has 3 rings (SSSR count). The van der Waals surface area contributed by atoms with E-state index in [2.05, 4.69) is 0 Å². The molecular weight excluding hydrogens is 336 g/mol. The van der Waals surface area contributed by atoms with Gasteiger partial charge in [0.05, 0.1) is 0 Å². The molecule has 0 aliphatic carbocycles. The van der Waals surface area contributed by atoms with Crippen molar-refractivity contribution < 1.29 is 17.3 Å². The minimum atomic E-state index is -3.93. The molecule has 0 saturated carbocycles. The van der Waals surface area contributed by atoms with Gasteiger partial charge in [0.2, 0.25) is 0 Å². The van der Waals surface area contributed by atoms with Crippen LogP contribution in [0.4, 0.5) is 0 Å². The first-order valence-electron chi connectivity index (χ1n) is 8.34. The van der Waals surface area contributed by atoms with Gasteiger partial charge in [-0.15, -0.1) is 0 Å². The van der Waals surface area contributed by atoms with E-state index in [1.807, 2.05) is 47.6 Å². The fourth-order valence-electron chi connectivity index (χ4n) is 3.46. The van der Waals surface area contributed by atoms with Crippen LogP contribution in [0.1, 0.15) is 41.7 Å². The Morgan fingerprint density at radius 3 is 2.36 bits per heavy atom. The summed E-state index contributed by atoms with van der Waals surface area (Å²) in [4.78, 5) is 0.256. The van der Waals surface area contributed by atoms with E-state index in [0.717, 1.165) is 28.0 Å². The van der Waals surface area contributed by atoms with Crippen LogP contribution in [-0.4, -0.2) is 14.0 Å². The first-order valence-corrected chi connectivity index (χ1v) is 9.75. The van der Waals surface area contributed by atoms with Gasteiger partial charge in [-0.05, 0) is 75.9 Å². The molecule has 0 amide bonds. The van der Waals surface area contributed by atoms with Crippen LogP contribution in [0.25, 0.3) is 0 Å². The van der Waals surface area contributed by atoms with Gasteiger partial charge in [-0.1, -0.05) is 12.1 Å². The molecule has 1 heterocycles. The lowest BCUT2D eigenvalue weighted by molar-refractivity contribution is 0.137. The Balaban J connectivity index is 2.13. The van der Waals surface area contributed by atoms with Crippen molar-refractivity contribution in [3.63, 3.8) is 0 Å². The number of aryl methyl sites for hydroxylation is 1. The van der Waals surface area contributed by atoms with Gasteiger partial charge in [0.1, 0.15) is 22.0 Å². The highest BCUT2D eigenvalue weighted by Gasteiger charge is 2.37. The summed E-state index contributed by atoms with van der Waals surface area (Å²) in [6.07, 6.45) is 0.683. The minimum Gasteiger partial charge on any atom is -0.487 e. The molecule has 25 heavy (non-hydrogen) atoms. The van der Waals surface area contributed by atoms with Crippen molar-refractivity contribution in [3.05, 3.63) is 52.1 Å². The van der Waals surface area contributed by atoms with Gasteiger partial charge < -0.3 is 8.92 Å². The molecule has 0 bridgehead atoms. The van der Waals surface area contributed by atoms with Crippen LogP contribution in [0.5, 0.6) is 11.5 Å². The number of rotatable bonds is 3. The molecule has 1 aliphatic rings. The lowest BCUT2D eigenvalue weighted by Crippen LogP contribution is -2.24. The maximum absolute atomic E-state index is 13.0. The number of ether oxygens (including phenoxy) is 1. The van der Waals surface area contributed by atoms with Gasteiger partial charge >= 0.3 is 10.1 Å². The lowest BCUT2D eigenvalue weighted by atomic mass is 9.94. The van der Waals surface area contributed by atoms with Crippen LogP contribution in [-0.2, 0) is 16.5 Å². The number of hydrogen-bond acceptors (Lipinski definition) is 4. The first-order chi connectivity index (χ1) is 11.5. The van der Waals surface area contributed by atoms with Crippen LogP contribution in [0.15, 0.2) is 29.2 Å². The highest BCUT2D eigenvalue weighted by molar-refractivity contribution is 7.87. The summed E-state index contributed by atoms with van der Waals surface area (Å²) >= 11 is 0. The maximum atomic E-state index is 13.0. The summed E-state index contributed by atoms with van der Waals surface area (Å²) in [5.74, 6) is 1.14. The van der Waals surface area contributed by atoms with Crippen LogP contribution in [0, 0.1) is 27.7 Å². The third-order valence-electron chi connectivity index (χ3n) is 4.74. The molecule has 4 nitrogen and oxygen atoms in total. The molecule has 0 saturated heterocycles. The van der Waals surface area contributed by atoms with Crippen molar-refractivity contribution >= 4 is 10.1 Å². The minimum absolute atomic E-state index is 0.256. The number of hydrogen-bond donors (Lipinski definition) is 0. The Morgan fingerprint density at radius 1 is 1.04 bits per heavy atom. The van der Waals surface area contributed by atoms with E-state index >= 15 is 0 Å². The lowest BCUT2D eigenvalue weighted by Gasteiger charge is -2.19. The zero-order chi connectivity index (χ0) is 18.6. The van der Waals surface area contributed by atoms with Crippen molar-refractivity contribution in [2.45, 2.75) is 58.5 Å². The average Bonchev–Trinajstić information content (AvgIpc) is 2.81. The fourth-order valence-corrected chi connectivity index (χ4v) is 4.92. The van der Waals surface area contributed by atoms with Gasteiger partial charge in [0.15, 0.2) is 0 Å². The molecule has 0 fully saturated rings. The van der Waals surface area contributed by atoms with E-state index in [1.54, 1.807) is 18.2 Å². The summed E-state index contributed by atoms with van der Waals surface area (Å²) in [7, 11) is -3.93. The average molecular weight is 360 g/mol. The third-order valence-corrected chi connectivity index (χ3v) is 6.26. The molecule has 5 heteroatoms. The second kappa shape index (κ2) is 5.77. The number of benzene rings is 2. The quantitative estimate of drug-likeness (QED) is 0.761. The summed E-state index contributed by atoms with van der Waals surface area (Å²) in [6, 6.07) is 7.05. The van der Waals surface area contributed by atoms with E-state index in [0.29, 0.717) is 17.7 Å². The van der Waals surface area contributed by atoms with Crippen LogP contribution in [0.3, 0.4) is 0 Å². The second-order valence-electron chi connectivity index (χ2n) is 7.40. The molecule has 2 aromatic carbocycles. The molecule has 1 aliphatic heterocycles. The Hall–Kier alpha value is -2.01. The normalized spacial score (nSPS) is 15.6. The summed E-state index contributed by atoms with van der Waals surface area (Å²) in [5, 5.41) is 0. The van der Waals surface area contributed by atoms with Gasteiger partial charge in [0, 0.05) is 12.0 Å². The van der Waals surface area contributed by atoms with Crippen molar-refractivity contribution in [1.82, 2.24) is 0 Å². The molecular formula is C20H24O4S. The maximum Gasteiger partial charge on any atom is 0.339 e. The number of fused-ring (bicyclic) bond motifs is 1. The Bertz CT molecular complexity index is 956. The van der Waals surface area contributed by atoms with Crippen LogP contribution in [0.2, 0.25) is 0 Å². The predicted octanol–water partition coefficient (Wildman–Crippen LogP) is 4.40. The molecule has 0 aromatic heterocycles. The molecule has 134 valence electrons. The monoisotopic (exact) mass is 360 g/mol. The summed E-state index contributed by atoms with van der Waals surface area (Å²) < 4.78 is 37.5. The van der Waals surface area contributed by atoms with E-state index in [-0.39, 0.29) is 10.5 Å². The predicted molar refractivity (Wildman–Crippen MR) is 98.1 cm³/mol. The van der Waals surface area contributed by atoms with Crippen molar-refractivity contribution in [3.8, 4) is 11.5 Å². The highest BCUT2D eigenvalue weighted by atomic mass is 32.2. The second-order valence-corrected chi connectivity index (χ2v) is 8.89. The smallest absolute Gasteiger partial charge is 0.339 e. The van der Waals surface area contributed by atoms with Crippen LogP contribution < -0.4 is 8.92 Å². The third kappa shape index (κ3) is 3.13. The largest absolute Gasteiger partial charge is 0.487 e. The molecule has 0 spiro atoms. The summed E-state index contributed by atoms with van der Waals surface area (Å²) in [5.41, 5.74) is 3.83. The summed E-state index contributed by atoms with van der Waals surface area (Å²) in [6.45, 7) is 11.5. The van der Waals surface area contributed by atoms with E-state index < -0.39 is 10.1 Å². The van der Waals surface area contributed by atoms with Crippen molar-refractivity contribution in [2.75, 3.05) is 0 Å². The molecule has 0 atom stereocenters. The molecule has 0 radical (unpaired) electrons. The molecule has 0 unspecified atom stereocenters. The van der Waals surface area contributed by atoms with E-state index in [1.165, 1.54) is 0 Å². The fraction of sp³-hybridized carbons (Fsp3) is 0.400. The Labute approximate surface area is 149 Å². The SMILES string of the molecule is Cc1cccc(OS(=O)(=O)c2c(C)c(C)c3c(c2C)CC(C)(C)O3)c1. The molecule has 2 aromatic rings. The molecule has 0 N–H and O–H groups in total. The van der Waals surface area contributed by atoms with Gasteiger partial charge in [-0.25, -0.2) is 0 Å². The Morgan fingerprint density at radius 2 is 1.72 bits per heavy atom. The zero-order valence-electron chi connectivity index (χ0n) is 15.6. The standard InChI is InChI=1S/C20H24O4S/c1-12-8-7-9-16(10-12)24-25(21,22)19-14(3)13(2)18-17(15(19)4)11-20(5,6)23-18/h7-10H,11H2,1-6H3. The van der Waals surface area contributed by atoms with Gasteiger partial charge in [0.25, 0.3) is 0 Å².